The molecule has 72 valence electrons. The molecule has 0 spiro atoms. The molecule has 0 radical (unpaired) electrons. The van der Waals surface area contributed by atoms with E-state index < -0.39 is 5.91 Å². The summed E-state index contributed by atoms with van der Waals surface area (Å²) in [5, 5.41) is 9.47. The molecule has 15 heavy (non-hydrogen) atoms. The van der Waals surface area contributed by atoms with E-state index in [9.17, 15) is 4.79 Å². The Hall–Kier alpha value is -2.30. The lowest BCUT2D eigenvalue weighted by atomic mass is 10.1. The number of nitrogens with zero attached hydrogens (tertiary/aromatic N) is 3. The van der Waals surface area contributed by atoms with Crippen molar-refractivity contribution in [2.45, 2.75) is 0 Å². The van der Waals surface area contributed by atoms with E-state index in [1.807, 2.05) is 18.2 Å². The number of aliphatic imine (C=N–C) groups is 1. The quantitative estimate of drug-likeness (QED) is 0.726. The molecule has 3 rings (SSSR count). The van der Waals surface area contributed by atoms with Crippen LogP contribution in [0.15, 0.2) is 29.4 Å². The van der Waals surface area contributed by atoms with Crippen LogP contribution in [0.25, 0.3) is 10.8 Å². The third-order valence-corrected chi connectivity index (χ3v) is 2.36. The lowest BCUT2D eigenvalue weighted by Crippen LogP contribution is -2.23. The van der Waals surface area contributed by atoms with E-state index in [1.54, 1.807) is 6.20 Å². The average Bonchev–Trinajstić information content (AvgIpc) is 2.61. The normalized spacial score (nSPS) is 12.9. The number of primary amides is 1. The Balaban J connectivity index is 2.45. The van der Waals surface area contributed by atoms with Gasteiger partial charge in [0.05, 0.1) is 11.9 Å². The van der Waals surface area contributed by atoms with Crippen LogP contribution in [-0.4, -0.2) is 21.8 Å². The Morgan fingerprint density at radius 2 is 2.20 bits per heavy atom. The van der Waals surface area contributed by atoms with Crippen molar-refractivity contribution < 1.29 is 4.79 Å². The number of hydrogen-bond donors (Lipinski definition) is 1. The van der Waals surface area contributed by atoms with Gasteiger partial charge in [-0.1, -0.05) is 12.1 Å². The fraction of sp³-hybridized carbons (Fsp3) is 0. The summed E-state index contributed by atoms with van der Waals surface area (Å²) in [4.78, 5) is 15.3. The molecular weight excluding hydrogens is 192 g/mol. The molecule has 1 amide bonds. The number of amides is 1. The van der Waals surface area contributed by atoms with E-state index >= 15 is 0 Å². The van der Waals surface area contributed by atoms with Crippen LogP contribution in [-0.2, 0) is 4.79 Å². The van der Waals surface area contributed by atoms with E-state index in [4.69, 9.17) is 5.73 Å². The fourth-order valence-electron chi connectivity index (χ4n) is 1.73. The summed E-state index contributed by atoms with van der Waals surface area (Å²) in [6.07, 6.45) is 1.64. The smallest absolute Gasteiger partial charge is 0.269 e. The number of rotatable bonds is 1. The Morgan fingerprint density at radius 1 is 1.33 bits per heavy atom. The molecule has 2 N–H and O–H groups in total. The molecule has 0 unspecified atom stereocenters. The minimum absolute atomic E-state index is 0.189. The van der Waals surface area contributed by atoms with Gasteiger partial charge in [0.15, 0.2) is 5.71 Å². The van der Waals surface area contributed by atoms with Crippen molar-refractivity contribution in [1.82, 2.24) is 10.2 Å². The summed E-state index contributed by atoms with van der Waals surface area (Å²) in [5.74, 6) is -0.576. The van der Waals surface area contributed by atoms with Crippen LogP contribution in [0.2, 0.25) is 0 Å². The molecule has 0 saturated heterocycles. The predicted molar refractivity (Wildman–Crippen MR) is 54.9 cm³/mol. The van der Waals surface area contributed by atoms with E-state index in [1.165, 1.54) is 0 Å². The standard InChI is InChI=1S/C10H6N4O/c11-10(15)9-8-7-5(4-12-14-8)2-1-3-6(7)13-9/h1-4H,(H2,11,15). The number of nitrogens with two attached hydrogens (primary N) is 1. The second-order valence-corrected chi connectivity index (χ2v) is 3.26. The van der Waals surface area contributed by atoms with Crippen LogP contribution in [0.1, 0.15) is 5.69 Å². The molecule has 1 aliphatic rings. The van der Waals surface area contributed by atoms with Gasteiger partial charge in [-0.05, 0) is 6.07 Å². The van der Waals surface area contributed by atoms with Crippen LogP contribution < -0.4 is 5.73 Å². The molecule has 1 aromatic carbocycles. The molecule has 5 nitrogen and oxygen atoms in total. The van der Waals surface area contributed by atoms with Gasteiger partial charge in [-0.3, -0.25) is 4.79 Å². The number of hydrogen-bond acceptors (Lipinski definition) is 4. The van der Waals surface area contributed by atoms with Crippen molar-refractivity contribution in [1.29, 1.82) is 0 Å². The summed E-state index contributed by atoms with van der Waals surface area (Å²) in [6.45, 7) is 0. The second kappa shape index (κ2) is 2.60. The predicted octanol–water partition coefficient (Wildman–Crippen LogP) is 0.549. The van der Waals surface area contributed by atoms with Gasteiger partial charge in [0.1, 0.15) is 5.69 Å². The maximum Gasteiger partial charge on any atom is 0.269 e. The maximum absolute atomic E-state index is 11.1. The largest absolute Gasteiger partial charge is 0.364 e. The molecule has 1 aliphatic heterocycles. The van der Waals surface area contributed by atoms with Gasteiger partial charge in [0.2, 0.25) is 0 Å². The van der Waals surface area contributed by atoms with Crippen molar-refractivity contribution >= 4 is 28.1 Å². The average molecular weight is 198 g/mol. The topological polar surface area (TPSA) is 81.2 Å². The van der Waals surface area contributed by atoms with Crippen molar-refractivity contribution in [2.75, 3.05) is 0 Å². The first-order valence-corrected chi connectivity index (χ1v) is 4.40. The minimum Gasteiger partial charge on any atom is -0.364 e. The zero-order chi connectivity index (χ0) is 10.4. The van der Waals surface area contributed by atoms with Gasteiger partial charge < -0.3 is 5.73 Å². The Kier molecular flexibility index (Phi) is 1.39. The molecule has 1 aromatic heterocycles. The van der Waals surface area contributed by atoms with Crippen LogP contribution in [0.5, 0.6) is 0 Å². The number of carbonyl (C=O) groups is 1. The van der Waals surface area contributed by atoms with Gasteiger partial charge >= 0.3 is 0 Å². The highest BCUT2D eigenvalue weighted by molar-refractivity contribution is 6.48. The molecular formula is C10H6N4O. The zero-order valence-corrected chi connectivity index (χ0v) is 7.64. The molecule has 0 bridgehead atoms. The van der Waals surface area contributed by atoms with Gasteiger partial charge in [0.25, 0.3) is 5.91 Å². The molecule has 0 aliphatic carbocycles. The zero-order valence-electron chi connectivity index (χ0n) is 7.64. The lowest BCUT2D eigenvalue weighted by Gasteiger charge is -1.97. The Morgan fingerprint density at radius 3 is 3.00 bits per heavy atom. The second-order valence-electron chi connectivity index (χ2n) is 3.26. The number of aromatic nitrogens is 2. The third kappa shape index (κ3) is 0.969. The van der Waals surface area contributed by atoms with Gasteiger partial charge in [-0.25, -0.2) is 4.99 Å². The molecule has 5 heteroatoms. The molecule has 0 fully saturated rings. The monoisotopic (exact) mass is 198 g/mol. The summed E-state index contributed by atoms with van der Waals surface area (Å²) >= 11 is 0. The van der Waals surface area contributed by atoms with Crippen molar-refractivity contribution in [3.8, 4) is 0 Å². The first-order chi connectivity index (χ1) is 7.27. The van der Waals surface area contributed by atoms with E-state index in [0.717, 1.165) is 16.5 Å². The Labute approximate surface area is 84.6 Å². The first kappa shape index (κ1) is 8.05. The minimum atomic E-state index is -0.576. The van der Waals surface area contributed by atoms with E-state index in [0.29, 0.717) is 5.69 Å². The molecule has 0 saturated carbocycles. The Bertz CT molecular complexity index is 613. The molecule has 2 heterocycles. The van der Waals surface area contributed by atoms with Gasteiger partial charge in [-0.2, -0.15) is 5.10 Å². The third-order valence-electron chi connectivity index (χ3n) is 2.36. The SMILES string of the molecule is NC(=O)C1=Nc2cccc3cnnc1c23. The number of carbonyl (C=O) groups excluding carboxylic acids is 1. The van der Waals surface area contributed by atoms with E-state index in [2.05, 4.69) is 15.2 Å². The summed E-state index contributed by atoms with van der Waals surface area (Å²) < 4.78 is 0. The highest BCUT2D eigenvalue weighted by Crippen LogP contribution is 2.33. The van der Waals surface area contributed by atoms with Crippen LogP contribution in [0.3, 0.4) is 0 Å². The maximum atomic E-state index is 11.1. The van der Waals surface area contributed by atoms with Crippen molar-refractivity contribution in [3.63, 3.8) is 0 Å². The van der Waals surface area contributed by atoms with Crippen molar-refractivity contribution in [2.24, 2.45) is 10.7 Å². The van der Waals surface area contributed by atoms with Crippen LogP contribution in [0, 0.1) is 0 Å². The van der Waals surface area contributed by atoms with Gasteiger partial charge in [0, 0.05) is 10.8 Å². The van der Waals surface area contributed by atoms with E-state index in [-0.39, 0.29) is 5.71 Å². The summed E-state index contributed by atoms with van der Waals surface area (Å²) in [5.41, 5.74) is 6.61. The van der Waals surface area contributed by atoms with Gasteiger partial charge in [-0.15, -0.1) is 5.10 Å². The molecule has 0 atom stereocenters. The highest BCUT2D eigenvalue weighted by atomic mass is 16.1. The highest BCUT2D eigenvalue weighted by Gasteiger charge is 2.23. The van der Waals surface area contributed by atoms with Crippen LogP contribution in [0.4, 0.5) is 5.69 Å². The summed E-state index contributed by atoms with van der Waals surface area (Å²) in [7, 11) is 0. The lowest BCUT2D eigenvalue weighted by molar-refractivity contribution is -0.111. The van der Waals surface area contributed by atoms with Crippen molar-refractivity contribution in [3.05, 3.63) is 30.1 Å². The number of benzene rings is 1. The molecule has 2 aromatic rings. The fourth-order valence-corrected chi connectivity index (χ4v) is 1.73. The first-order valence-electron chi connectivity index (χ1n) is 4.40. The summed E-state index contributed by atoms with van der Waals surface area (Å²) in [6, 6.07) is 5.58. The van der Waals surface area contributed by atoms with Crippen LogP contribution >= 0.6 is 0 Å².